The molecule has 0 spiro atoms. The second-order valence-corrected chi connectivity index (χ2v) is 5.15. The lowest BCUT2D eigenvalue weighted by molar-refractivity contribution is 0.000408. The summed E-state index contributed by atoms with van der Waals surface area (Å²) in [7, 11) is 0. The molecular formula is C16H25NO3. The molecule has 0 aliphatic carbocycles. The summed E-state index contributed by atoms with van der Waals surface area (Å²) in [4.78, 5) is 2.43. The Labute approximate surface area is 121 Å². The molecular weight excluding hydrogens is 254 g/mol. The van der Waals surface area contributed by atoms with Crippen LogP contribution in [0.2, 0.25) is 0 Å². The van der Waals surface area contributed by atoms with Gasteiger partial charge in [0.25, 0.3) is 0 Å². The Morgan fingerprint density at radius 2 is 1.85 bits per heavy atom. The third kappa shape index (κ3) is 5.49. The van der Waals surface area contributed by atoms with Crippen molar-refractivity contribution < 1.29 is 14.6 Å². The lowest BCUT2D eigenvalue weighted by atomic mass is 10.1. The number of aliphatic hydroxyl groups is 1. The highest BCUT2D eigenvalue weighted by molar-refractivity contribution is 5.20. The summed E-state index contributed by atoms with van der Waals surface area (Å²) >= 11 is 0. The second-order valence-electron chi connectivity index (χ2n) is 5.15. The minimum atomic E-state index is 0.218. The van der Waals surface area contributed by atoms with Crippen LogP contribution < -0.4 is 4.74 Å². The van der Waals surface area contributed by atoms with Gasteiger partial charge in [0.2, 0.25) is 0 Å². The molecule has 0 saturated carbocycles. The van der Waals surface area contributed by atoms with Crippen molar-refractivity contribution >= 4 is 0 Å². The maximum absolute atomic E-state index is 8.73. The largest absolute Gasteiger partial charge is 0.492 e. The first kappa shape index (κ1) is 15.3. The standard InChI is InChI=1S/C16H25NO3/c18-12-4-13-19-16-7-9-17(10-8-16)11-14-20-15-5-2-1-3-6-15/h1-3,5-6,16,18H,4,7-14H2. The number of benzene rings is 1. The summed E-state index contributed by atoms with van der Waals surface area (Å²) in [5.41, 5.74) is 0. The Hall–Kier alpha value is -1.10. The first-order valence-corrected chi connectivity index (χ1v) is 7.51. The summed E-state index contributed by atoms with van der Waals surface area (Å²) < 4.78 is 11.4. The zero-order valence-electron chi connectivity index (χ0n) is 12.0. The van der Waals surface area contributed by atoms with E-state index in [1.165, 1.54) is 0 Å². The fourth-order valence-corrected chi connectivity index (χ4v) is 2.42. The summed E-state index contributed by atoms with van der Waals surface area (Å²) in [6.45, 7) is 4.75. The first-order valence-electron chi connectivity index (χ1n) is 7.51. The molecule has 1 aromatic carbocycles. The van der Waals surface area contributed by atoms with Crippen molar-refractivity contribution in [1.82, 2.24) is 4.90 Å². The highest BCUT2D eigenvalue weighted by atomic mass is 16.5. The minimum Gasteiger partial charge on any atom is -0.492 e. The zero-order chi connectivity index (χ0) is 14.0. The van der Waals surface area contributed by atoms with Gasteiger partial charge in [-0.2, -0.15) is 0 Å². The van der Waals surface area contributed by atoms with Crippen molar-refractivity contribution in [3.05, 3.63) is 30.3 Å². The van der Waals surface area contributed by atoms with Gasteiger partial charge in [-0.15, -0.1) is 0 Å². The highest BCUT2D eigenvalue weighted by Crippen LogP contribution is 2.14. The summed E-state index contributed by atoms with van der Waals surface area (Å²) in [6, 6.07) is 9.95. The number of rotatable bonds is 8. The van der Waals surface area contributed by atoms with Gasteiger partial charge in [0.1, 0.15) is 12.4 Å². The SMILES string of the molecule is OCCCOC1CCN(CCOc2ccccc2)CC1. The number of hydrogen-bond donors (Lipinski definition) is 1. The van der Waals surface area contributed by atoms with E-state index < -0.39 is 0 Å². The Bertz CT molecular complexity index is 350. The van der Waals surface area contributed by atoms with Gasteiger partial charge in [0.05, 0.1) is 6.10 Å². The summed E-state index contributed by atoms with van der Waals surface area (Å²) in [6.07, 6.45) is 3.27. The smallest absolute Gasteiger partial charge is 0.119 e. The monoisotopic (exact) mass is 279 g/mol. The van der Waals surface area contributed by atoms with E-state index in [4.69, 9.17) is 14.6 Å². The summed E-state index contributed by atoms with van der Waals surface area (Å²) in [5, 5.41) is 8.73. The Morgan fingerprint density at radius 3 is 2.55 bits per heavy atom. The van der Waals surface area contributed by atoms with Gasteiger partial charge < -0.3 is 14.6 Å². The van der Waals surface area contributed by atoms with E-state index in [1.54, 1.807) is 0 Å². The van der Waals surface area contributed by atoms with Gasteiger partial charge >= 0.3 is 0 Å². The van der Waals surface area contributed by atoms with Crippen molar-refractivity contribution in [2.24, 2.45) is 0 Å². The highest BCUT2D eigenvalue weighted by Gasteiger charge is 2.19. The summed E-state index contributed by atoms with van der Waals surface area (Å²) in [5.74, 6) is 0.940. The molecule has 1 fully saturated rings. The topological polar surface area (TPSA) is 41.9 Å². The maximum Gasteiger partial charge on any atom is 0.119 e. The van der Waals surface area contributed by atoms with Gasteiger partial charge in [-0.3, -0.25) is 4.90 Å². The van der Waals surface area contributed by atoms with E-state index in [1.807, 2.05) is 30.3 Å². The van der Waals surface area contributed by atoms with Crippen molar-refractivity contribution in [1.29, 1.82) is 0 Å². The fraction of sp³-hybridized carbons (Fsp3) is 0.625. The van der Waals surface area contributed by atoms with Gasteiger partial charge in [-0.1, -0.05) is 18.2 Å². The van der Waals surface area contributed by atoms with E-state index in [9.17, 15) is 0 Å². The van der Waals surface area contributed by atoms with Crippen molar-refractivity contribution in [2.45, 2.75) is 25.4 Å². The molecule has 1 saturated heterocycles. The number of nitrogens with zero attached hydrogens (tertiary/aromatic N) is 1. The number of piperidine rings is 1. The van der Waals surface area contributed by atoms with E-state index in [-0.39, 0.29) is 6.61 Å². The third-order valence-electron chi connectivity index (χ3n) is 3.61. The maximum atomic E-state index is 8.73. The van der Waals surface area contributed by atoms with Crippen LogP contribution in [0.5, 0.6) is 5.75 Å². The van der Waals surface area contributed by atoms with Gasteiger partial charge in [0.15, 0.2) is 0 Å². The molecule has 0 radical (unpaired) electrons. The molecule has 1 aliphatic heterocycles. The molecule has 0 unspecified atom stereocenters. The van der Waals surface area contributed by atoms with Crippen molar-refractivity contribution in [2.75, 3.05) is 39.5 Å². The fourth-order valence-electron chi connectivity index (χ4n) is 2.42. The molecule has 0 bridgehead atoms. The zero-order valence-corrected chi connectivity index (χ0v) is 12.0. The van der Waals surface area contributed by atoms with Crippen LogP contribution in [0.3, 0.4) is 0 Å². The second kappa shape index (κ2) is 8.95. The number of ether oxygens (including phenoxy) is 2. The normalized spacial score (nSPS) is 17.2. The minimum absolute atomic E-state index is 0.218. The number of likely N-dealkylation sites (tertiary alicyclic amines) is 1. The van der Waals surface area contributed by atoms with Crippen LogP contribution in [-0.4, -0.2) is 55.6 Å². The third-order valence-corrected chi connectivity index (χ3v) is 3.61. The molecule has 4 nitrogen and oxygen atoms in total. The van der Waals surface area contributed by atoms with Crippen LogP contribution in [-0.2, 0) is 4.74 Å². The molecule has 112 valence electrons. The molecule has 4 heteroatoms. The Balaban J connectivity index is 1.55. The van der Waals surface area contributed by atoms with Gasteiger partial charge in [-0.05, 0) is 31.4 Å². The molecule has 20 heavy (non-hydrogen) atoms. The molecule has 1 aromatic rings. The quantitative estimate of drug-likeness (QED) is 0.738. The van der Waals surface area contributed by atoms with Crippen LogP contribution >= 0.6 is 0 Å². The molecule has 0 amide bonds. The van der Waals surface area contributed by atoms with E-state index in [0.717, 1.165) is 51.3 Å². The predicted octanol–water partition coefficient (Wildman–Crippen LogP) is 1.93. The Kier molecular flexibility index (Phi) is 6.84. The van der Waals surface area contributed by atoms with E-state index >= 15 is 0 Å². The molecule has 1 aliphatic rings. The average Bonchev–Trinajstić information content (AvgIpc) is 2.50. The van der Waals surface area contributed by atoms with Gasteiger partial charge in [-0.25, -0.2) is 0 Å². The van der Waals surface area contributed by atoms with Crippen LogP contribution in [0.25, 0.3) is 0 Å². The van der Waals surface area contributed by atoms with E-state index in [0.29, 0.717) is 12.7 Å². The van der Waals surface area contributed by atoms with Crippen LogP contribution in [0.15, 0.2) is 30.3 Å². The molecule has 0 atom stereocenters. The van der Waals surface area contributed by atoms with Crippen molar-refractivity contribution in [3.8, 4) is 5.75 Å². The Morgan fingerprint density at radius 1 is 1.10 bits per heavy atom. The molecule has 0 aromatic heterocycles. The number of hydrogen-bond acceptors (Lipinski definition) is 4. The first-order chi connectivity index (χ1) is 9.88. The predicted molar refractivity (Wildman–Crippen MR) is 79.1 cm³/mol. The molecule has 2 rings (SSSR count). The van der Waals surface area contributed by atoms with Gasteiger partial charge in [0, 0.05) is 32.8 Å². The number of aliphatic hydroxyl groups excluding tert-OH is 1. The lowest BCUT2D eigenvalue weighted by Crippen LogP contribution is -2.39. The molecule has 1 N–H and O–H groups in total. The average molecular weight is 279 g/mol. The molecule has 1 heterocycles. The van der Waals surface area contributed by atoms with E-state index in [2.05, 4.69) is 4.90 Å². The number of para-hydroxylation sites is 1. The van der Waals surface area contributed by atoms with Crippen LogP contribution in [0.1, 0.15) is 19.3 Å². The van der Waals surface area contributed by atoms with Crippen LogP contribution in [0, 0.1) is 0 Å². The lowest BCUT2D eigenvalue weighted by Gasteiger charge is -2.31. The van der Waals surface area contributed by atoms with Crippen LogP contribution in [0.4, 0.5) is 0 Å². The van der Waals surface area contributed by atoms with Crippen molar-refractivity contribution in [3.63, 3.8) is 0 Å².